The molecule has 0 fully saturated rings. The molecule has 5 rings (SSSR count). The number of nitrogens with zero attached hydrogens (tertiary/aromatic N) is 2. The van der Waals surface area contributed by atoms with Crippen molar-refractivity contribution in [2.75, 3.05) is 20.8 Å². The number of benzene rings is 3. The third kappa shape index (κ3) is 5.91. The Bertz CT molecular complexity index is 1820. The van der Waals surface area contributed by atoms with E-state index in [1.807, 2.05) is 60.7 Å². The van der Waals surface area contributed by atoms with Crippen LogP contribution in [0.25, 0.3) is 6.08 Å². The van der Waals surface area contributed by atoms with Crippen molar-refractivity contribution in [1.82, 2.24) is 4.57 Å². The Balaban J connectivity index is 1.55. The summed E-state index contributed by atoms with van der Waals surface area (Å²) in [6.45, 7) is 5.81. The van der Waals surface area contributed by atoms with Gasteiger partial charge in [0, 0.05) is 0 Å². The average Bonchev–Trinajstić information content (AvgIpc) is 3.32. The summed E-state index contributed by atoms with van der Waals surface area (Å²) in [6, 6.07) is 21.9. The SMILES string of the molecule is C=CCOC(=O)C1=C(C)N=c2s/c(=C\c3ccc(OCc4ccccc4)c(OC)c3)c(=O)n2[C@@H]1c1ccc(OC)cc1. The molecule has 0 spiro atoms. The first-order valence-electron chi connectivity index (χ1n) is 13.2. The Kier molecular flexibility index (Phi) is 8.68. The molecule has 9 heteroatoms. The van der Waals surface area contributed by atoms with Crippen LogP contribution in [0.3, 0.4) is 0 Å². The Labute approximate surface area is 247 Å². The fourth-order valence-corrected chi connectivity index (χ4v) is 5.72. The van der Waals surface area contributed by atoms with Crippen molar-refractivity contribution in [2.24, 2.45) is 4.99 Å². The number of ether oxygens (including phenoxy) is 4. The standard InChI is InChI=1S/C33H30N2O6S/c1-5-17-40-32(37)29-21(2)34-33-35(30(29)24-12-14-25(38-3)15-13-24)31(36)28(42-33)19-23-11-16-26(27(18-23)39-4)41-20-22-9-7-6-8-10-22/h5-16,18-19,30H,1,17,20H2,2-4H3/b28-19-/t30-/m1/s1. The molecule has 42 heavy (non-hydrogen) atoms. The van der Waals surface area contributed by atoms with E-state index in [4.69, 9.17) is 18.9 Å². The molecule has 1 aliphatic rings. The van der Waals surface area contributed by atoms with Crippen molar-refractivity contribution in [3.63, 3.8) is 0 Å². The molecule has 0 unspecified atom stereocenters. The Hall–Kier alpha value is -4.89. The summed E-state index contributed by atoms with van der Waals surface area (Å²) in [4.78, 5) is 32.2. The van der Waals surface area contributed by atoms with Crippen LogP contribution < -0.4 is 29.1 Å². The van der Waals surface area contributed by atoms with Gasteiger partial charge in [-0.3, -0.25) is 9.36 Å². The highest BCUT2D eigenvalue weighted by molar-refractivity contribution is 7.07. The average molecular weight is 583 g/mol. The Morgan fingerprint density at radius 1 is 1.02 bits per heavy atom. The van der Waals surface area contributed by atoms with E-state index >= 15 is 0 Å². The van der Waals surface area contributed by atoms with Gasteiger partial charge >= 0.3 is 5.97 Å². The maximum atomic E-state index is 13.9. The van der Waals surface area contributed by atoms with Gasteiger partial charge in [0.05, 0.1) is 36.1 Å². The highest BCUT2D eigenvalue weighted by atomic mass is 32.1. The Morgan fingerprint density at radius 2 is 1.79 bits per heavy atom. The lowest BCUT2D eigenvalue weighted by Gasteiger charge is -2.24. The number of thiazole rings is 1. The number of carbonyl (C=O) groups excluding carboxylic acids is 1. The van der Waals surface area contributed by atoms with E-state index in [1.54, 1.807) is 43.9 Å². The van der Waals surface area contributed by atoms with Gasteiger partial charge in [0.15, 0.2) is 16.3 Å². The predicted octanol–water partition coefficient (Wildman–Crippen LogP) is 4.56. The summed E-state index contributed by atoms with van der Waals surface area (Å²) in [7, 11) is 3.16. The first kappa shape index (κ1) is 28.6. The van der Waals surface area contributed by atoms with Crippen molar-refractivity contribution in [3.8, 4) is 17.2 Å². The fourth-order valence-electron chi connectivity index (χ4n) is 4.68. The third-order valence-electron chi connectivity index (χ3n) is 6.73. The Morgan fingerprint density at radius 3 is 2.48 bits per heavy atom. The molecule has 0 aliphatic carbocycles. The summed E-state index contributed by atoms with van der Waals surface area (Å²) >= 11 is 1.25. The largest absolute Gasteiger partial charge is 0.497 e. The van der Waals surface area contributed by atoms with Gasteiger partial charge in [-0.2, -0.15) is 0 Å². The normalized spacial score (nSPS) is 14.5. The molecule has 214 valence electrons. The summed E-state index contributed by atoms with van der Waals surface area (Å²) in [5.74, 6) is 1.25. The number of carbonyl (C=O) groups is 1. The van der Waals surface area contributed by atoms with Crippen LogP contribution in [0.1, 0.15) is 29.7 Å². The lowest BCUT2D eigenvalue weighted by atomic mass is 9.96. The number of esters is 1. The lowest BCUT2D eigenvalue weighted by molar-refractivity contribution is -0.138. The molecule has 0 saturated carbocycles. The monoisotopic (exact) mass is 582 g/mol. The molecule has 2 heterocycles. The number of allylic oxidation sites excluding steroid dienone is 1. The number of hydrogen-bond acceptors (Lipinski definition) is 8. The van der Waals surface area contributed by atoms with Crippen LogP contribution in [0, 0.1) is 0 Å². The van der Waals surface area contributed by atoms with Crippen molar-refractivity contribution < 1.29 is 23.7 Å². The van der Waals surface area contributed by atoms with Crippen molar-refractivity contribution in [2.45, 2.75) is 19.6 Å². The second-order valence-corrected chi connectivity index (χ2v) is 10.4. The molecule has 1 atom stereocenters. The summed E-state index contributed by atoms with van der Waals surface area (Å²) < 4.78 is 24.3. The van der Waals surface area contributed by atoms with Gasteiger partial charge < -0.3 is 18.9 Å². The molecule has 3 aromatic carbocycles. The van der Waals surface area contributed by atoms with Crippen LogP contribution in [0.2, 0.25) is 0 Å². The molecule has 0 radical (unpaired) electrons. The zero-order valence-corrected chi connectivity index (χ0v) is 24.4. The summed E-state index contributed by atoms with van der Waals surface area (Å²) in [5, 5.41) is 0. The van der Waals surface area contributed by atoms with Gasteiger partial charge in [0.2, 0.25) is 0 Å². The van der Waals surface area contributed by atoms with Crippen molar-refractivity contribution in [3.05, 3.63) is 133 Å². The second kappa shape index (κ2) is 12.7. The van der Waals surface area contributed by atoms with Gasteiger partial charge in [0.25, 0.3) is 5.56 Å². The molecule has 1 aromatic heterocycles. The molecular formula is C33H30N2O6S. The van der Waals surface area contributed by atoms with E-state index in [2.05, 4.69) is 11.6 Å². The van der Waals surface area contributed by atoms with E-state index in [0.29, 0.717) is 44.5 Å². The van der Waals surface area contributed by atoms with E-state index < -0.39 is 12.0 Å². The van der Waals surface area contributed by atoms with Crippen molar-refractivity contribution >= 4 is 23.4 Å². The zero-order valence-electron chi connectivity index (χ0n) is 23.5. The molecule has 0 amide bonds. The molecular weight excluding hydrogens is 552 g/mol. The van der Waals surface area contributed by atoms with E-state index in [1.165, 1.54) is 17.4 Å². The smallest absolute Gasteiger partial charge is 0.338 e. The molecule has 1 aliphatic heterocycles. The maximum absolute atomic E-state index is 13.9. The molecule has 4 aromatic rings. The molecule has 0 N–H and O–H groups in total. The maximum Gasteiger partial charge on any atom is 0.338 e. The van der Waals surface area contributed by atoms with Gasteiger partial charge in [-0.1, -0.05) is 72.5 Å². The van der Waals surface area contributed by atoms with Gasteiger partial charge in [-0.15, -0.1) is 0 Å². The van der Waals surface area contributed by atoms with Gasteiger partial charge in [0.1, 0.15) is 19.0 Å². The minimum Gasteiger partial charge on any atom is -0.497 e. The van der Waals surface area contributed by atoms with Crippen LogP contribution in [0.5, 0.6) is 17.2 Å². The lowest BCUT2D eigenvalue weighted by Crippen LogP contribution is -2.39. The van der Waals surface area contributed by atoms with Crippen LogP contribution >= 0.6 is 11.3 Å². The second-order valence-electron chi connectivity index (χ2n) is 9.43. The molecule has 8 nitrogen and oxygen atoms in total. The quantitative estimate of drug-likeness (QED) is 0.201. The van der Waals surface area contributed by atoms with E-state index in [-0.39, 0.29) is 12.2 Å². The van der Waals surface area contributed by atoms with Crippen molar-refractivity contribution in [1.29, 1.82) is 0 Å². The van der Waals surface area contributed by atoms with Gasteiger partial charge in [-0.05, 0) is 54.0 Å². The highest BCUT2D eigenvalue weighted by Gasteiger charge is 2.33. The van der Waals surface area contributed by atoms with Crippen LogP contribution in [-0.2, 0) is 16.1 Å². The van der Waals surface area contributed by atoms with Crippen LogP contribution in [0.4, 0.5) is 0 Å². The van der Waals surface area contributed by atoms with E-state index in [0.717, 1.165) is 16.7 Å². The topological polar surface area (TPSA) is 88.4 Å². The summed E-state index contributed by atoms with van der Waals surface area (Å²) in [5.41, 5.74) is 3.03. The van der Waals surface area contributed by atoms with Crippen LogP contribution in [-0.4, -0.2) is 31.4 Å². The minimum absolute atomic E-state index is 0.0439. The fraction of sp³-hybridized carbons (Fsp3) is 0.182. The predicted molar refractivity (Wildman–Crippen MR) is 162 cm³/mol. The number of rotatable bonds is 10. The number of aromatic nitrogens is 1. The number of fused-ring (bicyclic) bond motifs is 1. The first-order chi connectivity index (χ1) is 20.4. The zero-order chi connectivity index (χ0) is 29.6. The summed E-state index contributed by atoms with van der Waals surface area (Å²) in [6.07, 6.45) is 3.28. The van der Waals surface area contributed by atoms with E-state index in [9.17, 15) is 9.59 Å². The highest BCUT2D eigenvalue weighted by Crippen LogP contribution is 2.32. The molecule has 0 bridgehead atoms. The number of methoxy groups -OCH3 is 2. The minimum atomic E-state index is -0.727. The number of hydrogen-bond donors (Lipinski definition) is 0. The van der Waals surface area contributed by atoms with Gasteiger partial charge in [-0.25, -0.2) is 9.79 Å². The molecule has 0 saturated heterocycles. The first-order valence-corrected chi connectivity index (χ1v) is 14.0. The third-order valence-corrected chi connectivity index (χ3v) is 7.71. The van der Waals surface area contributed by atoms with Crippen LogP contribution in [0.15, 0.2) is 107 Å².